The molecule has 3 aliphatic rings. The van der Waals surface area contributed by atoms with Gasteiger partial charge < -0.3 is 9.57 Å². The number of rotatable bonds is 11. The first-order valence-corrected chi connectivity index (χ1v) is 17.7. The van der Waals surface area contributed by atoms with E-state index in [1.165, 1.54) is 23.5 Å². The van der Waals surface area contributed by atoms with Crippen molar-refractivity contribution in [3.63, 3.8) is 0 Å². The molecule has 1 saturated carbocycles. The van der Waals surface area contributed by atoms with Crippen molar-refractivity contribution in [2.45, 2.75) is 61.9 Å². The van der Waals surface area contributed by atoms with Crippen molar-refractivity contribution in [3.05, 3.63) is 40.9 Å². The van der Waals surface area contributed by atoms with Gasteiger partial charge in [-0.05, 0) is 38.8 Å². The van der Waals surface area contributed by atoms with Gasteiger partial charge in [0.1, 0.15) is 0 Å². The summed E-state index contributed by atoms with van der Waals surface area (Å²) in [7, 11) is -6.60. The molecule has 3 fully saturated rings. The molecule has 0 spiro atoms. The maximum absolute atomic E-state index is 13.3. The molecule has 2 atom stereocenters. The number of anilines is 1. The van der Waals surface area contributed by atoms with Crippen LogP contribution in [-0.2, 0) is 40.8 Å². The average molecular weight is 626 g/mol. The Morgan fingerprint density at radius 3 is 2.56 bits per heavy atom. The lowest BCUT2D eigenvalue weighted by Gasteiger charge is -2.38. The zero-order valence-corrected chi connectivity index (χ0v) is 25.5. The molecule has 12 nitrogen and oxygen atoms in total. The van der Waals surface area contributed by atoms with Gasteiger partial charge in [-0.3, -0.25) is 15.0 Å². The molecule has 1 N–H and O–H groups in total. The number of hydrogen-bond donors (Lipinski definition) is 1. The summed E-state index contributed by atoms with van der Waals surface area (Å²) >= 11 is 1.33. The Labute approximate surface area is 244 Å². The van der Waals surface area contributed by atoms with Gasteiger partial charge in [0.2, 0.25) is 10.0 Å². The van der Waals surface area contributed by atoms with Crippen LogP contribution in [-0.4, -0.2) is 98.6 Å². The van der Waals surface area contributed by atoms with Crippen LogP contribution in [0.2, 0.25) is 0 Å². The Morgan fingerprint density at radius 2 is 1.93 bits per heavy atom. The van der Waals surface area contributed by atoms with Gasteiger partial charge in [-0.25, -0.2) is 21.8 Å². The zero-order valence-electron chi connectivity index (χ0n) is 23.1. The summed E-state index contributed by atoms with van der Waals surface area (Å²) in [6.45, 7) is 6.73. The number of oxime groups is 1. The number of piperazine rings is 1. The molecule has 1 aromatic heterocycles. The lowest BCUT2D eigenvalue weighted by atomic mass is 10.1. The van der Waals surface area contributed by atoms with E-state index in [-0.39, 0.29) is 33.8 Å². The Kier molecular flexibility index (Phi) is 9.11. The molecule has 2 aromatic rings. The van der Waals surface area contributed by atoms with E-state index in [0.29, 0.717) is 69.4 Å². The van der Waals surface area contributed by atoms with Crippen molar-refractivity contribution in [1.29, 1.82) is 0 Å². The van der Waals surface area contributed by atoms with E-state index < -0.39 is 25.8 Å². The average Bonchev–Trinajstić information content (AvgIpc) is 3.53. The number of nitrogens with zero attached hydrogens (tertiary/aromatic N) is 4. The maximum Gasteiger partial charge on any atom is 0.280 e. The quantitative estimate of drug-likeness (QED) is 0.293. The molecular formula is C26H35N5O7S3. The monoisotopic (exact) mass is 625 g/mol. The maximum atomic E-state index is 13.3. The number of ether oxygens (including phenoxy) is 1. The van der Waals surface area contributed by atoms with E-state index in [2.05, 4.69) is 20.4 Å². The van der Waals surface area contributed by atoms with Crippen LogP contribution in [0, 0.1) is 0 Å². The first-order valence-electron chi connectivity index (χ1n) is 13.7. The van der Waals surface area contributed by atoms with Crippen molar-refractivity contribution >= 4 is 47.9 Å². The Morgan fingerprint density at radius 1 is 1.17 bits per heavy atom. The summed E-state index contributed by atoms with van der Waals surface area (Å²) < 4.78 is 56.7. The fraction of sp³-hybridized carbons (Fsp3) is 0.577. The minimum absolute atomic E-state index is 0.00565. The minimum Gasteiger partial charge on any atom is -0.389 e. The second kappa shape index (κ2) is 12.4. The Balaban J connectivity index is 1.26. The molecule has 0 bridgehead atoms. The lowest BCUT2D eigenvalue weighted by molar-refractivity contribution is -0.110. The zero-order chi connectivity index (χ0) is 29.2. The third-order valence-corrected chi connectivity index (χ3v) is 12.5. The number of carbonyl (C=O) groups excluding carboxylic acids is 1. The number of hydrogen-bond acceptors (Lipinski definition) is 11. The molecule has 1 aliphatic carbocycles. The first-order chi connectivity index (χ1) is 19.6. The van der Waals surface area contributed by atoms with Crippen LogP contribution in [0.1, 0.15) is 43.6 Å². The third-order valence-electron chi connectivity index (χ3n) is 7.34. The number of benzene rings is 1. The van der Waals surface area contributed by atoms with E-state index in [1.54, 1.807) is 29.6 Å². The predicted octanol–water partition coefficient (Wildman–Crippen LogP) is 2.08. The third kappa shape index (κ3) is 7.14. The van der Waals surface area contributed by atoms with Crippen LogP contribution < -0.4 is 5.32 Å². The molecular weight excluding hydrogens is 591 g/mol. The van der Waals surface area contributed by atoms with Crippen molar-refractivity contribution in [2.24, 2.45) is 5.16 Å². The lowest BCUT2D eigenvalue weighted by Crippen LogP contribution is -2.53. The normalized spacial score (nSPS) is 23.0. The second-order valence-corrected chi connectivity index (χ2v) is 16.0. The minimum atomic E-state index is -3.36. The van der Waals surface area contributed by atoms with Crippen LogP contribution >= 0.6 is 11.3 Å². The number of thiazole rings is 1. The first kappa shape index (κ1) is 30.0. The van der Waals surface area contributed by atoms with Gasteiger partial charge in [0.05, 0.1) is 29.1 Å². The summed E-state index contributed by atoms with van der Waals surface area (Å²) in [5, 5.41) is 6.99. The number of carbonyl (C=O) groups is 1. The van der Waals surface area contributed by atoms with E-state index in [1.807, 2.05) is 6.92 Å². The van der Waals surface area contributed by atoms with Crippen LogP contribution in [0.15, 0.2) is 40.5 Å². The Hall–Kier alpha value is -2.43. The van der Waals surface area contributed by atoms with Gasteiger partial charge in [-0.2, -0.15) is 4.31 Å². The van der Waals surface area contributed by atoms with Gasteiger partial charge in [-0.15, -0.1) is 11.3 Å². The van der Waals surface area contributed by atoms with Gasteiger partial charge in [0, 0.05) is 55.3 Å². The standard InChI is InChI=1S/C26H35N5O7S3/c1-3-40(33,34)31-12-11-30(15-18(31)2)16-21-14-27-26(39-21)28-25(32)24(29-38-20-10-13-37-17-20)19-4-6-22(7-5-19)41(35,36)23-8-9-23/h4-7,14,18,20,23H,3,8-13,15-17H2,1-2H3,(H,27,28,32)/b29-24+/t18-,20+/m0/s1. The smallest absolute Gasteiger partial charge is 0.280 e. The fourth-order valence-electron chi connectivity index (χ4n) is 4.88. The van der Waals surface area contributed by atoms with Gasteiger partial charge >= 0.3 is 0 Å². The molecule has 0 radical (unpaired) electrons. The van der Waals surface area contributed by atoms with Crippen LogP contribution in [0.25, 0.3) is 0 Å². The van der Waals surface area contributed by atoms with E-state index in [4.69, 9.17) is 9.57 Å². The van der Waals surface area contributed by atoms with Crippen LogP contribution in [0.3, 0.4) is 0 Å². The number of sulfone groups is 1. The molecule has 1 amide bonds. The van der Waals surface area contributed by atoms with Gasteiger partial charge in [0.25, 0.3) is 5.91 Å². The largest absolute Gasteiger partial charge is 0.389 e. The summed E-state index contributed by atoms with van der Waals surface area (Å²) in [4.78, 5) is 26.6. The highest BCUT2D eigenvalue weighted by Crippen LogP contribution is 2.33. The highest BCUT2D eigenvalue weighted by molar-refractivity contribution is 7.92. The summed E-state index contributed by atoms with van der Waals surface area (Å²) in [5.74, 6) is -0.446. The second-order valence-electron chi connectivity index (χ2n) is 10.5. The molecule has 3 heterocycles. The molecule has 2 aliphatic heterocycles. The fourth-order valence-corrected chi connectivity index (χ4v) is 8.69. The van der Waals surface area contributed by atoms with Crippen molar-refractivity contribution < 1.29 is 31.2 Å². The van der Waals surface area contributed by atoms with Crippen molar-refractivity contribution in [1.82, 2.24) is 14.2 Å². The van der Waals surface area contributed by atoms with Crippen molar-refractivity contribution in [3.8, 4) is 0 Å². The molecule has 224 valence electrons. The predicted molar refractivity (Wildman–Crippen MR) is 155 cm³/mol. The summed E-state index contributed by atoms with van der Waals surface area (Å²) in [6, 6.07) is 6.00. The van der Waals surface area contributed by atoms with Crippen LogP contribution in [0.4, 0.5) is 5.13 Å². The van der Waals surface area contributed by atoms with E-state index in [0.717, 1.165) is 4.88 Å². The molecule has 5 rings (SSSR count). The summed E-state index contributed by atoms with van der Waals surface area (Å²) in [6.07, 6.45) is 3.42. The summed E-state index contributed by atoms with van der Waals surface area (Å²) in [5.41, 5.74) is 0.424. The van der Waals surface area contributed by atoms with Gasteiger partial charge in [-0.1, -0.05) is 17.3 Å². The number of sulfonamides is 1. The molecule has 2 saturated heterocycles. The molecule has 41 heavy (non-hydrogen) atoms. The topological polar surface area (TPSA) is 148 Å². The van der Waals surface area contributed by atoms with Crippen molar-refractivity contribution in [2.75, 3.05) is 43.9 Å². The number of aromatic nitrogens is 1. The molecule has 15 heteroatoms. The van der Waals surface area contributed by atoms with Crippen LogP contribution in [0.5, 0.6) is 0 Å². The number of amides is 1. The molecule has 0 unspecified atom stereocenters. The van der Waals surface area contributed by atoms with Gasteiger partial charge in [0.15, 0.2) is 26.8 Å². The van der Waals surface area contributed by atoms with E-state index >= 15 is 0 Å². The van der Waals surface area contributed by atoms with E-state index in [9.17, 15) is 21.6 Å². The molecule has 1 aromatic carbocycles. The Bertz CT molecular complexity index is 1480. The SMILES string of the molecule is CCS(=O)(=O)N1CCN(Cc2cnc(NC(=O)/C(=N/O[C@@H]3CCOC3)c3ccc(S(=O)(=O)C4CC4)cc3)s2)C[C@@H]1C. The highest BCUT2D eigenvalue weighted by Gasteiger charge is 2.37. The number of nitrogens with one attached hydrogen (secondary N) is 1. The highest BCUT2D eigenvalue weighted by atomic mass is 32.2.